The van der Waals surface area contributed by atoms with Crippen LogP contribution in [0.3, 0.4) is 0 Å². The molecule has 0 aliphatic carbocycles. The van der Waals surface area contributed by atoms with E-state index in [9.17, 15) is 4.79 Å². The van der Waals surface area contributed by atoms with Gasteiger partial charge >= 0.3 is 5.97 Å². The minimum atomic E-state index is -0.208. The summed E-state index contributed by atoms with van der Waals surface area (Å²) in [5, 5.41) is 11.5. The van der Waals surface area contributed by atoms with Gasteiger partial charge in [0.25, 0.3) is 0 Å². The van der Waals surface area contributed by atoms with Gasteiger partial charge in [-0.15, -0.1) is 10.2 Å². The molecule has 24 heavy (non-hydrogen) atoms. The summed E-state index contributed by atoms with van der Waals surface area (Å²) in [7, 11) is 0. The van der Waals surface area contributed by atoms with Crippen molar-refractivity contribution in [2.24, 2.45) is 0 Å². The Hall–Kier alpha value is -2.40. The number of hydrogen-bond acceptors (Lipinski definition) is 5. The van der Waals surface area contributed by atoms with Crippen molar-refractivity contribution in [3.63, 3.8) is 0 Å². The minimum Gasteiger partial charge on any atom is -0.462 e. The van der Waals surface area contributed by atoms with E-state index in [2.05, 4.69) is 10.2 Å². The topological polar surface area (TPSA) is 52.1 Å². The number of nitrogens with zero attached hydrogens (tertiary/aromatic N) is 2. The van der Waals surface area contributed by atoms with Crippen LogP contribution in [0.25, 0.3) is 22.0 Å². The first-order valence-corrected chi connectivity index (χ1v) is 8.78. The summed E-state index contributed by atoms with van der Waals surface area (Å²) in [6.07, 6.45) is 0.678. The zero-order valence-corrected chi connectivity index (χ0v) is 14.0. The van der Waals surface area contributed by atoms with E-state index in [4.69, 9.17) is 4.74 Å². The molecule has 1 saturated heterocycles. The van der Waals surface area contributed by atoms with Gasteiger partial charge in [-0.2, -0.15) is 0 Å². The second-order valence-electron chi connectivity index (χ2n) is 5.86. The van der Waals surface area contributed by atoms with Crippen LogP contribution in [0.4, 0.5) is 0 Å². The van der Waals surface area contributed by atoms with Gasteiger partial charge < -0.3 is 4.74 Å². The lowest BCUT2D eigenvalue weighted by Crippen LogP contribution is -2.10. The molecule has 0 radical (unpaired) electrons. The number of aromatic nitrogens is 2. The minimum absolute atomic E-state index is 0.0298. The van der Waals surface area contributed by atoms with Gasteiger partial charge in [-0.25, -0.2) is 0 Å². The van der Waals surface area contributed by atoms with Crippen molar-refractivity contribution in [2.75, 3.05) is 0 Å². The highest BCUT2D eigenvalue weighted by Gasteiger charge is 2.33. The first-order chi connectivity index (χ1) is 11.7. The molecule has 0 saturated carbocycles. The Bertz CT molecular complexity index is 898. The Morgan fingerprint density at radius 2 is 1.71 bits per heavy atom. The second kappa shape index (κ2) is 6.24. The number of rotatable bonds is 3. The van der Waals surface area contributed by atoms with Gasteiger partial charge in [0.1, 0.15) is 22.1 Å². The monoisotopic (exact) mass is 336 g/mol. The van der Waals surface area contributed by atoms with E-state index in [-0.39, 0.29) is 17.3 Å². The third-order valence-corrected chi connectivity index (χ3v) is 5.28. The van der Waals surface area contributed by atoms with Crippen LogP contribution < -0.4 is 0 Å². The van der Waals surface area contributed by atoms with Crippen molar-refractivity contribution in [1.82, 2.24) is 10.2 Å². The number of benzene rings is 2. The smallest absolute Gasteiger partial charge is 0.319 e. The van der Waals surface area contributed by atoms with Crippen LogP contribution in [-0.2, 0) is 9.53 Å². The van der Waals surface area contributed by atoms with E-state index in [1.165, 1.54) is 11.8 Å². The molecule has 1 aromatic heterocycles. The third-order valence-electron chi connectivity index (χ3n) is 4.08. The van der Waals surface area contributed by atoms with Crippen molar-refractivity contribution < 1.29 is 9.53 Å². The average molecular weight is 336 g/mol. The number of cyclic esters (lactones) is 1. The molecule has 2 atom stereocenters. The summed E-state index contributed by atoms with van der Waals surface area (Å²) in [5.41, 5.74) is 1.89. The number of hydrogen-bond donors (Lipinski definition) is 0. The third kappa shape index (κ3) is 2.76. The quantitative estimate of drug-likeness (QED) is 0.674. The van der Waals surface area contributed by atoms with Gasteiger partial charge in [0, 0.05) is 22.8 Å². The maximum Gasteiger partial charge on any atom is 0.319 e. The molecule has 1 aliphatic heterocycles. The fourth-order valence-corrected chi connectivity index (χ4v) is 4.11. The van der Waals surface area contributed by atoms with Crippen molar-refractivity contribution in [1.29, 1.82) is 0 Å². The number of ether oxygens (including phenoxy) is 1. The Morgan fingerprint density at radius 3 is 2.42 bits per heavy atom. The maximum atomic E-state index is 11.9. The van der Waals surface area contributed by atoms with Crippen molar-refractivity contribution in [3.05, 3.63) is 54.6 Å². The predicted molar refractivity (Wildman–Crippen MR) is 94.8 cm³/mol. The van der Waals surface area contributed by atoms with Crippen LogP contribution in [-0.4, -0.2) is 27.5 Å². The summed E-state index contributed by atoms with van der Waals surface area (Å²) >= 11 is 1.45. The molecule has 120 valence electrons. The van der Waals surface area contributed by atoms with E-state index >= 15 is 0 Å². The summed E-state index contributed by atoms with van der Waals surface area (Å²) < 4.78 is 5.24. The Kier molecular flexibility index (Phi) is 3.94. The van der Waals surface area contributed by atoms with E-state index in [1.54, 1.807) is 0 Å². The molecule has 2 heterocycles. The molecular weight excluding hydrogens is 320 g/mol. The summed E-state index contributed by atoms with van der Waals surface area (Å²) in [6, 6.07) is 18.1. The number of carbonyl (C=O) groups is 1. The van der Waals surface area contributed by atoms with Crippen LogP contribution in [0.2, 0.25) is 0 Å². The molecule has 4 nitrogen and oxygen atoms in total. The standard InChI is InChI=1S/C19H16N2O2S/c1-12-11-16(19(22)23-12)24-18-15-10-6-5-9-14(15)17(20-21-18)13-7-3-2-4-8-13/h2-10,12,16H,11H2,1H3/t12-,16-/m1/s1. The maximum absolute atomic E-state index is 11.9. The molecule has 5 heteroatoms. The fraction of sp³-hybridized carbons (Fsp3) is 0.211. The first-order valence-electron chi connectivity index (χ1n) is 7.90. The zero-order chi connectivity index (χ0) is 16.5. The van der Waals surface area contributed by atoms with Gasteiger partial charge in [0.05, 0.1) is 0 Å². The molecule has 0 unspecified atom stereocenters. The summed E-state index contributed by atoms with van der Waals surface area (Å²) in [6.45, 7) is 1.92. The highest BCUT2D eigenvalue weighted by molar-refractivity contribution is 8.00. The molecule has 3 aromatic rings. The lowest BCUT2D eigenvalue weighted by molar-refractivity contribution is -0.140. The van der Waals surface area contributed by atoms with E-state index in [0.29, 0.717) is 6.42 Å². The molecule has 1 fully saturated rings. The van der Waals surface area contributed by atoms with Crippen LogP contribution in [0, 0.1) is 0 Å². The number of esters is 1. The molecule has 4 rings (SSSR count). The SMILES string of the molecule is C[C@@H]1C[C@@H](Sc2nnc(-c3ccccc3)c3ccccc23)C(=O)O1. The van der Waals surface area contributed by atoms with Crippen molar-refractivity contribution in [3.8, 4) is 11.3 Å². The van der Waals surface area contributed by atoms with E-state index in [0.717, 1.165) is 27.1 Å². The number of carbonyl (C=O) groups excluding carboxylic acids is 1. The van der Waals surface area contributed by atoms with Crippen LogP contribution in [0.5, 0.6) is 0 Å². The molecule has 0 spiro atoms. The van der Waals surface area contributed by atoms with Crippen molar-refractivity contribution >= 4 is 28.5 Å². The Balaban J connectivity index is 1.78. The highest BCUT2D eigenvalue weighted by Crippen LogP contribution is 2.36. The lowest BCUT2D eigenvalue weighted by Gasteiger charge is -2.10. The largest absolute Gasteiger partial charge is 0.462 e. The summed E-state index contributed by atoms with van der Waals surface area (Å²) in [4.78, 5) is 11.9. The predicted octanol–water partition coefficient (Wildman–Crippen LogP) is 4.09. The van der Waals surface area contributed by atoms with Crippen molar-refractivity contribution in [2.45, 2.75) is 29.7 Å². The second-order valence-corrected chi connectivity index (χ2v) is 7.05. The zero-order valence-electron chi connectivity index (χ0n) is 13.2. The Labute approximate surface area is 144 Å². The van der Waals surface area contributed by atoms with E-state index in [1.807, 2.05) is 61.5 Å². The fourth-order valence-electron chi connectivity index (χ4n) is 2.93. The van der Waals surface area contributed by atoms with Gasteiger partial charge in [-0.3, -0.25) is 4.79 Å². The lowest BCUT2D eigenvalue weighted by atomic mass is 10.1. The highest BCUT2D eigenvalue weighted by atomic mass is 32.2. The van der Waals surface area contributed by atoms with Gasteiger partial charge in [-0.1, -0.05) is 66.4 Å². The van der Waals surface area contributed by atoms with Crippen LogP contribution in [0.15, 0.2) is 59.6 Å². The number of fused-ring (bicyclic) bond motifs is 1. The van der Waals surface area contributed by atoms with Gasteiger partial charge in [0.15, 0.2) is 0 Å². The normalized spacial score (nSPS) is 20.3. The molecule has 2 aromatic carbocycles. The number of thioether (sulfide) groups is 1. The molecule has 1 aliphatic rings. The van der Waals surface area contributed by atoms with Gasteiger partial charge in [0.2, 0.25) is 0 Å². The molecular formula is C19H16N2O2S. The summed E-state index contributed by atoms with van der Waals surface area (Å²) in [5.74, 6) is -0.162. The average Bonchev–Trinajstić information content (AvgIpc) is 2.93. The molecule has 0 N–H and O–H groups in total. The Morgan fingerprint density at radius 1 is 1.00 bits per heavy atom. The molecule has 0 bridgehead atoms. The van der Waals surface area contributed by atoms with E-state index < -0.39 is 0 Å². The first kappa shape index (κ1) is 15.1. The van der Waals surface area contributed by atoms with Crippen LogP contribution >= 0.6 is 11.8 Å². The molecule has 0 amide bonds. The van der Waals surface area contributed by atoms with Crippen LogP contribution in [0.1, 0.15) is 13.3 Å². The van der Waals surface area contributed by atoms with Gasteiger partial charge in [-0.05, 0) is 6.92 Å².